The van der Waals surface area contributed by atoms with Crippen molar-refractivity contribution in [3.05, 3.63) is 34.9 Å². The molecule has 1 rings (SSSR count). The molecule has 0 heterocycles. The van der Waals surface area contributed by atoms with Crippen LogP contribution < -0.4 is 10.6 Å². The van der Waals surface area contributed by atoms with Crippen molar-refractivity contribution in [1.29, 1.82) is 0 Å². The van der Waals surface area contributed by atoms with Crippen LogP contribution in [0.5, 0.6) is 0 Å². The van der Waals surface area contributed by atoms with Gasteiger partial charge in [-0.15, -0.1) is 0 Å². The Balaban J connectivity index is 2.25. The molecule has 0 fully saturated rings. The monoisotopic (exact) mass is 296 g/mol. The van der Waals surface area contributed by atoms with Crippen molar-refractivity contribution in [2.24, 2.45) is 5.92 Å². The zero-order valence-electron chi connectivity index (χ0n) is 11.9. The maximum absolute atomic E-state index is 11.8. The number of carbonyl (C=O) groups is 2. The second kappa shape index (κ2) is 8.59. The zero-order chi connectivity index (χ0) is 15.0. The van der Waals surface area contributed by atoms with Gasteiger partial charge >= 0.3 is 0 Å². The Morgan fingerprint density at radius 1 is 1.25 bits per heavy atom. The Morgan fingerprint density at radius 3 is 2.65 bits per heavy atom. The van der Waals surface area contributed by atoms with Crippen molar-refractivity contribution >= 4 is 23.4 Å². The molecular weight excluding hydrogens is 276 g/mol. The van der Waals surface area contributed by atoms with Gasteiger partial charge in [-0.3, -0.25) is 9.59 Å². The lowest BCUT2D eigenvalue weighted by atomic mass is 10.1. The minimum Gasteiger partial charge on any atom is -0.355 e. The normalized spacial score (nSPS) is 10.4. The van der Waals surface area contributed by atoms with E-state index in [-0.39, 0.29) is 18.4 Å². The maximum atomic E-state index is 11.8. The molecule has 2 amide bonds. The SMILES string of the molecule is CC(C)CCCNC(=O)CNC(=O)c1cccc(Cl)c1. The van der Waals surface area contributed by atoms with E-state index in [2.05, 4.69) is 24.5 Å². The van der Waals surface area contributed by atoms with Crippen LogP contribution in [0.25, 0.3) is 0 Å². The topological polar surface area (TPSA) is 58.2 Å². The lowest BCUT2D eigenvalue weighted by molar-refractivity contribution is -0.120. The first-order valence-electron chi connectivity index (χ1n) is 6.79. The fourth-order valence-corrected chi connectivity index (χ4v) is 1.88. The highest BCUT2D eigenvalue weighted by molar-refractivity contribution is 6.30. The Kier molecular flexibility index (Phi) is 7.09. The van der Waals surface area contributed by atoms with Crippen LogP contribution in [0.1, 0.15) is 37.0 Å². The van der Waals surface area contributed by atoms with Crippen LogP contribution in [0.4, 0.5) is 0 Å². The summed E-state index contributed by atoms with van der Waals surface area (Å²) in [4.78, 5) is 23.3. The number of carbonyl (C=O) groups excluding carboxylic acids is 2. The van der Waals surface area contributed by atoms with Crippen molar-refractivity contribution in [1.82, 2.24) is 10.6 Å². The van der Waals surface area contributed by atoms with Gasteiger partial charge in [-0.25, -0.2) is 0 Å². The van der Waals surface area contributed by atoms with Gasteiger partial charge in [0.1, 0.15) is 0 Å². The second-order valence-corrected chi connectivity index (χ2v) is 5.52. The first-order valence-corrected chi connectivity index (χ1v) is 7.17. The third-order valence-electron chi connectivity index (χ3n) is 2.78. The molecule has 0 radical (unpaired) electrons. The first kappa shape index (κ1) is 16.5. The van der Waals surface area contributed by atoms with Crippen molar-refractivity contribution in [3.63, 3.8) is 0 Å². The van der Waals surface area contributed by atoms with Gasteiger partial charge < -0.3 is 10.6 Å². The molecule has 20 heavy (non-hydrogen) atoms. The van der Waals surface area contributed by atoms with Gasteiger partial charge in [0.05, 0.1) is 6.54 Å². The van der Waals surface area contributed by atoms with Gasteiger partial charge in [-0.2, -0.15) is 0 Å². The van der Waals surface area contributed by atoms with Crippen LogP contribution in [-0.2, 0) is 4.79 Å². The summed E-state index contributed by atoms with van der Waals surface area (Å²) >= 11 is 5.80. The van der Waals surface area contributed by atoms with Gasteiger partial charge in [-0.1, -0.05) is 31.5 Å². The molecule has 5 heteroatoms. The van der Waals surface area contributed by atoms with Crippen molar-refractivity contribution in [3.8, 4) is 0 Å². The van der Waals surface area contributed by atoms with Gasteiger partial charge in [0.25, 0.3) is 5.91 Å². The van der Waals surface area contributed by atoms with E-state index >= 15 is 0 Å². The van der Waals surface area contributed by atoms with Crippen LogP contribution in [0.15, 0.2) is 24.3 Å². The molecule has 0 aliphatic heterocycles. The molecule has 0 aromatic heterocycles. The Bertz CT molecular complexity index is 461. The van der Waals surface area contributed by atoms with Crippen LogP contribution in [-0.4, -0.2) is 24.9 Å². The summed E-state index contributed by atoms with van der Waals surface area (Å²) in [6.07, 6.45) is 2.03. The average Bonchev–Trinajstić information content (AvgIpc) is 2.40. The molecule has 0 aliphatic rings. The van der Waals surface area contributed by atoms with E-state index in [1.165, 1.54) is 0 Å². The quantitative estimate of drug-likeness (QED) is 0.760. The summed E-state index contributed by atoms with van der Waals surface area (Å²) in [6, 6.07) is 6.61. The Morgan fingerprint density at radius 2 is 2.00 bits per heavy atom. The predicted octanol–water partition coefficient (Wildman–Crippen LogP) is 2.62. The van der Waals surface area contributed by atoms with Crippen LogP contribution in [0.3, 0.4) is 0 Å². The number of nitrogens with one attached hydrogen (secondary N) is 2. The third-order valence-corrected chi connectivity index (χ3v) is 3.01. The Hall–Kier alpha value is -1.55. The molecule has 0 aliphatic carbocycles. The summed E-state index contributed by atoms with van der Waals surface area (Å²) in [6.45, 7) is 4.91. The summed E-state index contributed by atoms with van der Waals surface area (Å²) in [5.74, 6) is 0.156. The second-order valence-electron chi connectivity index (χ2n) is 5.08. The highest BCUT2D eigenvalue weighted by atomic mass is 35.5. The minimum absolute atomic E-state index is 0.0208. The summed E-state index contributed by atoms with van der Waals surface area (Å²) in [7, 11) is 0. The van der Waals surface area contributed by atoms with Gasteiger partial charge in [0.2, 0.25) is 5.91 Å². The molecule has 0 atom stereocenters. The Labute approximate surface area is 124 Å². The van der Waals surface area contributed by atoms with Crippen molar-refractivity contribution < 1.29 is 9.59 Å². The fraction of sp³-hybridized carbons (Fsp3) is 0.467. The molecule has 0 saturated carbocycles. The molecule has 4 nitrogen and oxygen atoms in total. The molecule has 2 N–H and O–H groups in total. The van der Waals surface area contributed by atoms with Crippen LogP contribution in [0, 0.1) is 5.92 Å². The smallest absolute Gasteiger partial charge is 0.251 e. The number of benzene rings is 1. The molecule has 0 bridgehead atoms. The number of rotatable bonds is 7. The number of hydrogen-bond acceptors (Lipinski definition) is 2. The molecular formula is C15H21ClN2O2. The fourth-order valence-electron chi connectivity index (χ4n) is 1.69. The summed E-state index contributed by atoms with van der Waals surface area (Å²) in [5, 5.41) is 5.84. The van der Waals surface area contributed by atoms with E-state index in [0.717, 1.165) is 12.8 Å². The van der Waals surface area contributed by atoms with Gasteiger partial charge in [-0.05, 0) is 37.0 Å². The highest BCUT2D eigenvalue weighted by Crippen LogP contribution is 2.10. The molecule has 0 saturated heterocycles. The van der Waals surface area contributed by atoms with Crippen LogP contribution >= 0.6 is 11.6 Å². The molecule has 0 spiro atoms. The number of hydrogen-bond donors (Lipinski definition) is 2. The van der Waals surface area contributed by atoms with Crippen LogP contribution in [0.2, 0.25) is 5.02 Å². The van der Waals surface area contributed by atoms with E-state index in [9.17, 15) is 9.59 Å². The van der Waals surface area contributed by atoms with Crippen molar-refractivity contribution in [2.45, 2.75) is 26.7 Å². The first-order chi connectivity index (χ1) is 9.49. The van der Waals surface area contributed by atoms with E-state index in [4.69, 9.17) is 11.6 Å². The molecule has 1 aromatic rings. The standard InChI is InChI=1S/C15H21ClN2O2/c1-11(2)5-4-8-17-14(19)10-18-15(20)12-6-3-7-13(16)9-12/h3,6-7,9,11H,4-5,8,10H2,1-2H3,(H,17,19)(H,18,20). The summed E-state index contributed by atoms with van der Waals surface area (Å²) < 4.78 is 0. The molecule has 0 unspecified atom stereocenters. The van der Waals surface area contributed by atoms with E-state index in [1.807, 2.05) is 0 Å². The van der Waals surface area contributed by atoms with E-state index in [1.54, 1.807) is 24.3 Å². The molecule has 110 valence electrons. The highest BCUT2D eigenvalue weighted by Gasteiger charge is 2.08. The van der Waals surface area contributed by atoms with Gasteiger partial charge in [0.15, 0.2) is 0 Å². The van der Waals surface area contributed by atoms with E-state index < -0.39 is 0 Å². The lowest BCUT2D eigenvalue weighted by Crippen LogP contribution is -2.37. The summed E-state index contributed by atoms with van der Waals surface area (Å²) in [5.41, 5.74) is 0.449. The number of amides is 2. The zero-order valence-corrected chi connectivity index (χ0v) is 12.7. The average molecular weight is 297 g/mol. The maximum Gasteiger partial charge on any atom is 0.251 e. The third kappa shape index (κ3) is 6.57. The minimum atomic E-state index is -0.301. The van der Waals surface area contributed by atoms with Gasteiger partial charge in [0, 0.05) is 17.1 Å². The largest absolute Gasteiger partial charge is 0.355 e. The van der Waals surface area contributed by atoms with E-state index in [0.29, 0.717) is 23.0 Å². The number of halogens is 1. The predicted molar refractivity (Wildman–Crippen MR) is 80.9 cm³/mol. The molecule has 1 aromatic carbocycles. The lowest BCUT2D eigenvalue weighted by Gasteiger charge is -2.08. The van der Waals surface area contributed by atoms with Crippen molar-refractivity contribution in [2.75, 3.05) is 13.1 Å².